The molecule has 1 heterocycles. The molecule has 6 heteroatoms. The molecule has 6 nitrogen and oxygen atoms in total. The normalized spacial score (nSPS) is 17.9. The third-order valence-corrected chi connectivity index (χ3v) is 3.87. The summed E-state index contributed by atoms with van der Waals surface area (Å²) in [6.45, 7) is 3.83. The van der Waals surface area contributed by atoms with Gasteiger partial charge in [-0.25, -0.2) is 9.69 Å². The Hall–Kier alpha value is -3.28. The number of urea groups is 1. The van der Waals surface area contributed by atoms with E-state index in [1.54, 1.807) is 30.3 Å². The summed E-state index contributed by atoms with van der Waals surface area (Å²) in [4.78, 5) is 42.0. The number of aliphatic imine (C=N–C) groups is 1. The van der Waals surface area contributed by atoms with E-state index in [4.69, 9.17) is 0 Å². The van der Waals surface area contributed by atoms with Crippen LogP contribution in [0.25, 0.3) is 0 Å². The van der Waals surface area contributed by atoms with Gasteiger partial charge in [-0.3, -0.25) is 19.9 Å². The summed E-state index contributed by atoms with van der Waals surface area (Å²) in [5.41, 5.74) is 3.07. The van der Waals surface area contributed by atoms with Crippen LogP contribution in [0.15, 0.2) is 53.5 Å². The van der Waals surface area contributed by atoms with Crippen LogP contribution in [-0.2, 0) is 9.59 Å². The van der Waals surface area contributed by atoms with Gasteiger partial charge in [-0.1, -0.05) is 29.8 Å². The third kappa shape index (κ3) is 3.47. The van der Waals surface area contributed by atoms with Gasteiger partial charge in [0, 0.05) is 6.21 Å². The van der Waals surface area contributed by atoms with Crippen LogP contribution in [0.3, 0.4) is 0 Å². The third-order valence-electron chi connectivity index (χ3n) is 3.87. The number of hydrogen-bond donors (Lipinski definition) is 1. The summed E-state index contributed by atoms with van der Waals surface area (Å²) < 4.78 is 0. The molecular weight excluding hydrogens is 318 g/mol. The second-order valence-corrected chi connectivity index (χ2v) is 5.90. The highest BCUT2D eigenvalue weighted by Gasteiger charge is 2.40. The number of anilines is 1. The van der Waals surface area contributed by atoms with E-state index in [1.165, 1.54) is 6.21 Å². The standard InChI is InChI=1S/C19H17N3O3/c1-12-6-8-15(9-7-12)22-18(24)16(17(23)21-19(22)25)11-20-14-5-3-4-13(2)10-14/h3-11,16H,1-2H3,(H,21,23,25)/t16-/m1/s1. The maximum atomic E-state index is 12.7. The van der Waals surface area contributed by atoms with Gasteiger partial charge in [0.05, 0.1) is 11.4 Å². The predicted octanol–water partition coefficient (Wildman–Crippen LogP) is 2.90. The van der Waals surface area contributed by atoms with E-state index >= 15 is 0 Å². The summed E-state index contributed by atoms with van der Waals surface area (Å²) in [6, 6.07) is 13.5. The Morgan fingerprint density at radius 1 is 1.00 bits per heavy atom. The molecule has 126 valence electrons. The van der Waals surface area contributed by atoms with Crippen LogP contribution in [0.5, 0.6) is 0 Å². The largest absolute Gasteiger partial charge is 0.335 e. The Kier molecular flexibility index (Phi) is 4.43. The van der Waals surface area contributed by atoms with E-state index < -0.39 is 23.8 Å². The number of rotatable bonds is 3. The van der Waals surface area contributed by atoms with Gasteiger partial charge in [-0.2, -0.15) is 0 Å². The van der Waals surface area contributed by atoms with Crippen LogP contribution in [-0.4, -0.2) is 24.1 Å². The molecule has 3 rings (SSSR count). The highest BCUT2D eigenvalue weighted by atomic mass is 16.2. The molecule has 0 unspecified atom stereocenters. The fourth-order valence-corrected chi connectivity index (χ4v) is 2.53. The van der Waals surface area contributed by atoms with E-state index in [0.29, 0.717) is 11.4 Å². The number of aryl methyl sites for hydroxylation is 2. The van der Waals surface area contributed by atoms with Gasteiger partial charge in [0.25, 0.3) is 5.91 Å². The first kappa shape index (κ1) is 16.6. The summed E-state index contributed by atoms with van der Waals surface area (Å²) in [6.07, 6.45) is 1.28. The number of imide groups is 2. The van der Waals surface area contributed by atoms with Crippen molar-refractivity contribution >= 4 is 35.4 Å². The molecule has 2 aromatic carbocycles. The van der Waals surface area contributed by atoms with Crippen LogP contribution < -0.4 is 10.2 Å². The van der Waals surface area contributed by atoms with Crippen molar-refractivity contribution in [3.8, 4) is 0 Å². The maximum Gasteiger partial charge on any atom is 0.335 e. The molecule has 25 heavy (non-hydrogen) atoms. The highest BCUT2D eigenvalue weighted by molar-refractivity contribution is 6.32. The number of amides is 4. The minimum atomic E-state index is -1.15. The van der Waals surface area contributed by atoms with Gasteiger partial charge in [0.1, 0.15) is 0 Å². The predicted molar refractivity (Wildman–Crippen MR) is 95.0 cm³/mol. The Balaban J connectivity index is 1.89. The molecule has 1 saturated heterocycles. The zero-order valence-corrected chi connectivity index (χ0v) is 13.9. The summed E-state index contributed by atoms with van der Waals surface area (Å²) in [5.74, 6) is -2.44. The van der Waals surface area contributed by atoms with E-state index in [1.807, 2.05) is 32.0 Å². The van der Waals surface area contributed by atoms with E-state index in [0.717, 1.165) is 16.0 Å². The number of benzene rings is 2. The molecule has 0 saturated carbocycles. The average Bonchev–Trinajstić information content (AvgIpc) is 2.56. The zero-order chi connectivity index (χ0) is 18.0. The molecule has 0 aliphatic carbocycles. The number of carbonyl (C=O) groups excluding carboxylic acids is 3. The Morgan fingerprint density at radius 2 is 1.72 bits per heavy atom. The first-order valence-electron chi connectivity index (χ1n) is 7.82. The number of hydrogen-bond acceptors (Lipinski definition) is 4. The lowest BCUT2D eigenvalue weighted by molar-refractivity contribution is -0.131. The molecule has 1 atom stereocenters. The van der Waals surface area contributed by atoms with E-state index in [9.17, 15) is 14.4 Å². The second-order valence-electron chi connectivity index (χ2n) is 5.90. The van der Waals surface area contributed by atoms with Crippen molar-refractivity contribution in [3.63, 3.8) is 0 Å². The van der Waals surface area contributed by atoms with Gasteiger partial charge in [-0.05, 0) is 43.7 Å². The van der Waals surface area contributed by atoms with Gasteiger partial charge in [0.2, 0.25) is 5.91 Å². The second kappa shape index (κ2) is 6.68. The van der Waals surface area contributed by atoms with Crippen molar-refractivity contribution < 1.29 is 14.4 Å². The first-order chi connectivity index (χ1) is 12.0. The highest BCUT2D eigenvalue weighted by Crippen LogP contribution is 2.21. The van der Waals surface area contributed by atoms with Gasteiger partial charge < -0.3 is 0 Å². The summed E-state index contributed by atoms with van der Waals surface area (Å²) in [5, 5.41) is 2.21. The fraction of sp³-hybridized carbons (Fsp3) is 0.158. The topological polar surface area (TPSA) is 78.8 Å². The molecule has 0 bridgehead atoms. The van der Waals surface area contributed by atoms with Crippen LogP contribution in [0, 0.1) is 19.8 Å². The Labute approximate surface area is 145 Å². The van der Waals surface area contributed by atoms with Crippen molar-refractivity contribution in [1.29, 1.82) is 0 Å². The molecule has 1 aliphatic rings. The van der Waals surface area contributed by atoms with E-state index in [-0.39, 0.29) is 0 Å². The van der Waals surface area contributed by atoms with Crippen molar-refractivity contribution in [2.75, 3.05) is 4.90 Å². The van der Waals surface area contributed by atoms with E-state index in [2.05, 4.69) is 10.3 Å². The van der Waals surface area contributed by atoms with Crippen LogP contribution in [0.1, 0.15) is 11.1 Å². The van der Waals surface area contributed by atoms with Gasteiger partial charge in [-0.15, -0.1) is 0 Å². The summed E-state index contributed by atoms with van der Waals surface area (Å²) >= 11 is 0. The average molecular weight is 335 g/mol. The molecule has 0 aromatic heterocycles. The SMILES string of the molecule is Cc1ccc(N2C(=O)NC(=O)[C@@H](C=Nc3cccc(C)c3)C2=O)cc1. The van der Waals surface area contributed by atoms with Crippen molar-refractivity contribution in [1.82, 2.24) is 5.32 Å². The minimum Gasteiger partial charge on any atom is -0.276 e. The molecule has 1 fully saturated rings. The van der Waals surface area contributed by atoms with Crippen molar-refractivity contribution in [2.24, 2.45) is 10.9 Å². The fourth-order valence-electron chi connectivity index (χ4n) is 2.53. The monoisotopic (exact) mass is 335 g/mol. The Bertz CT molecular complexity index is 872. The molecule has 1 N–H and O–H groups in total. The summed E-state index contributed by atoms with van der Waals surface area (Å²) in [7, 11) is 0. The lowest BCUT2D eigenvalue weighted by atomic mass is 10.1. The van der Waals surface area contributed by atoms with Crippen LogP contribution >= 0.6 is 0 Å². The lowest BCUT2D eigenvalue weighted by Gasteiger charge is -2.28. The molecule has 2 aromatic rings. The lowest BCUT2D eigenvalue weighted by Crippen LogP contribution is -2.58. The molecule has 0 spiro atoms. The molecular formula is C19H17N3O3. The zero-order valence-electron chi connectivity index (χ0n) is 13.9. The number of barbiturate groups is 1. The van der Waals surface area contributed by atoms with Crippen LogP contribution in [0.4, 0.5) is 16.2 Å². The molecule has 4 amide bonds. The van der Waals surface area contributed by atoms with Crippen LogP contribution in [0.2, 0.25) is 0 Å². The van der Waals surface area contributed by atoms with Crippen molar-refractivity contribution in [3.05, 3.63) is 59.7 Å². The number of carbonyl (C=O) groups is 3. The Morgan fingerprint density at radius 3 is 2.40 bits per heavy atom. The quantitative estimate of drug-likeness (QED) is 0.692. The number of nitrogens with one attached hydrogen (secondary N) is 1. The first-order valence-corrected chi connectivity index (χ1v) is 7.82. The number of nitrogens with zero attached hydrogens (tertiary/aromatic N) is 2. The van der Waals surface area contributed by atoms with Crippen molar-refractivity contribution in [2.45, 2.75) is 13.8 Å². The van der Waals surface area contributed by atoms with Gasteiger partial charge >= 0.3 is 6.03 Å². The van der Waals surface area contributed by atoms with Gasteiger partial charge in [0.15, 0.2) is 5.92 Å². The smallest absolute Gasteiger partial charge is 0.276 e. The minimum absolute atomic E-state index is 0.412. The molecule has 1 aliphatic heterocycles. The molecule has 0 radical (unpaired) electrons. The maximum absolute atomic E-state index is 12.7.